The summed E-state index contributed by atoms with van der Waals surface area (Å²) in [5.74, 6) is 0.377. The van der Waals surface area contributed by atoms with Crippen LogP contribution in [0.1, 0.15) is 31.1 Å². The minimum Gasteiger partial charge on any atom is -0.496 e. The third kappa shape index (κ3) is 3.38. The van der Waals surface area contributed by atoms with Gasteiger partial charge in [0, 0.05) is 11.6 Å². The summed E-state index contributed by atoms with van der Waals surface area (Å²) in [7, 11) is 3.04. The summed E-state index contributed by atoms with van der Waals surface area (Å²) in [6.45, 7) is 3.87. The van der Waals surface area contributed by atoms with Crippen LogP contribution in [0, 0.1) is 0 Å². The van der Waals surface area contributed by atoms with E-state index in [4.69, 9.17) is 14.2 Å². The smallest absolute Gasteiger partial charge is 0.339 e. The monoisotopic (exact) mass is 268 g/mol. The van der Waals surface area contributed by atoms with Gasteiger partial charge in [0.15, 0.2) is 6.10 Å². The van der Waals surface area contributed by atoms with Crippen LogP contribution >= 0.6 is 0 Å². The van der Waals surface area contributed by atoms with Gasteiger partial charge in [-0.3, -0.25) is 0 Å². The third-order valence-electron chi connectivity index (χ3n) is 2.82. The van der Waals surface area contributed by atoms with Crippen LogP contribution in [0.4, 0.5) is 0 Å². The van der Waals surface area contributed by atoms with Crippen LogP contribution in [0.3, 0.4) is 0 Å². The first-order valence-electron chi connectivity index (χ1n) is 6.18. The molecule has 5 nitrogen and oxygen atoms in total. The van der Waals surface area contributed by atoms with Crippen LogP contribution in [-0.2, 0) is 16.0 Å². The second-order valence-electron chi connectivity index (χ2n) is 3.91. The zero-order valence-corrected chi connectivity index (χ0v) is 11.7. The Morgan fingerprint density at radius 3 is 2.32 bits per heavy atom. The van der Waals surface area contributed by atoms with Crippen molar-refractivity contribution >= 4 is 5.97 Å². The van der Waals surface area contributed by atoms with E-state index in [1.165, 1.54) is 7.11 Å². The molecule has 1 rings (SSSR count). The van der Waals surface area contributed by atoms with Gasteiger partial charge in [0.25, 0.3) is 0 Å². The predicted molar refractivity (Wildman–Crippen MR) is 70.5 cm³/mol. The van der Waals surface area contributed by atoms with Crippen LogP contribution in [0.15, 0.2) is 12.1 Å². The van der Waals surface area contributed by atoms with Crippen molar-refractivity contribution in [3.8, 4) is 11.5 Å². The number of hydrogen-bond acceptors (Lipinski definition) is 5. The summed E-state index contributed by atoms with van der Waals surface area (Å²) >= 11 is 0. The number of aliphatic hydroxyl groups excluding tert-OH is 1. The average molecular weight is 268 g/mol. The Balaban J connectivity index is 3.21. The molecule has 1 aromatic carbocycles. The number of esters is 1. The van der Waals surface area contributed by atoms with Gasteiger partial charge in [-0.2, -0.15) is 0 Å². The maximum atomic E-state index is 11.6. The predicted octanol–water partition coefficient (Wildman–Crippen LogP) is 1.86. The molecule has 19 heavy (non-hydrogen) atoms. The molecule has 1 aromatic rings. The first-order valence-corrected chi connectivity index (χ1v) is 6.18. The first-order chi connectivity index (χ1) is 9.08. The SMILES string of the molecule is CCOC(=O)C(O)c1cc(CC)c(OC)cc1OC. The van der Waals surface area contributed by atoms with E-state index in [0.29, 0.717) is 17.1 Å². The molecule has 0 fully saturated rings. The van der Waals surface area contributed by atoms with Crippen molar-refractivity contribution in [2.75, 3.05) is 20.8 Å². The van der Waals surface area contributed by atoms with Crippen LogP contribution in [0.2, 0.25) is 0 Å². The van der Waals surface area contributed by atoms with Gasteiger partial charge >= 0.3 is 5.97 Å². The average Bonchev–Trinajstić information content (AvgIpc) is 2.45. The number of aliphatic hydroxyl groups is 1. The maximum Gasteiger partial charge on any atom is 0.339 e. The molecule has 0 heterocycles. The molecule has 0 aliphatic rings. The van der Waals surface area contributed by atoms with E-state index in [0.717, 1.165) is 12.0 Å². The maximum absolute atomic E-state index is 11.6. The molecule has 0 bridgehead atoms. The van der Waals surface area contributed by atoms with Crippen LogP contribution in [-0.4, -0.2) is 31.9 Å². The van der Waals surface area contributed by atoms with Gasteiger partial charge in [0.05, 0.1) is 20.8 Å². The quantitative estimate of drug-likeness (QED) is 0.798. The minimum atomic E-state index is -1.36. The lowest BCUT2D eigenvalue weighted by atomic mass is 10.0. The van der Waals surface area contributed by atoms with Crippen molar-refractivity contribution in [1.82, 2.24) is 0 Å². The van der Waals surface area contributed by atoms with Gasteiger partial charge < -0.3 is 19.3 Å². The van der Waals surface area contributed by atoms with E-state index in [1.54, 1.807) is 26.2 Å². The van der Waals surface area contributed by atoms with E-state index in [9.17, 15) is 9.90 Å². The second-order valence-corrected chi connectivity index (χ2v) is 3.91. The summed E-state index contributed by atoms with van der Waals surface area (Å²) in [6, 6.07) is 3.37. The highest BCUT2D eigenvalue weighted by molar-refractivity contribution is 5.77. The summed E-state index contributed by atoms with van der Waals surface area (Å²) in [4.78, 5) is 11.6. The molecular weight excluding hydrogens is 248 g/mol. The number of rotatable bonds is 6. The van der Waals surface area contributed by atoms with Crippen LogP contribution in [0.5, 0.6) is 11.5 Å². The van der Waals surface area contributed by atoms with Gasteiger partial charge in [0.2, 0.25) is 0 Å². The number of carbonyl (C=O) groups excluding carboxylic acids is 1. The number of aryl methyl sites for hydroxylation is 1. The molecule has 1 N–H and O–H groups in total. The van der Waals surface area contributed by atoms with E-state index >= 15 is 0 Å². The fourth-order valence-corrected chi connectivity index (χ4v) is 1.83. The Morgan fingerprint density at radius 2 is 1.84 bits per heavy atom. The highest BCUT2D eigenvalue weighted by atomic mass is 16.5. The lowest BCUT2D eigenvalue weighted by molar-refractivity contribution is -0.153. The van der Waals surface area contributed by atoms with Crippen molar-refractivity contribution in [2.45, 2.75) is 26.4 Å². The van der Waals surface area contributed by atoms with Gasteiger partial charge in [-0.1, -0.05) is 6.92 Å². The highest BCUT2D eigenvalue weighted by Crippen LogP contribution is 2.33. The highest BCUT2D eigenvalue weighted by Gasteiger charge is 2.24. The number of ether oxygens (including phenoxy) is 3. The standard InChI is InChI=1S/C14H20O5/c1-5-9-7-10(13(15)14(16)19-6-2)12(18-4)8-11(9)17-3/h7-8,13,15H,5-6H2,1-4H3. The van der Waals surface area contributed by atoms with E-state index in [-0.39, 0.29) is 6.61 Å². The minimum absolute atomic E-state index is 0.217. The Labute approximate surface area is 113 Å². The summed E-state index contributed by atoms with van der Waals surface area (Å²) in [5, 5.41) is 10.0. The number of methoxy groups -OCH3 is 2. The van der Waals surface area contributed by atoms with Crippen molar-refractivity contribution in [2.24, 2.45) is 0 Å². The number of carbonyl (C=O) groups is 1. The van der Waals surface area contributed by atoms with E-state index < -0.39 is 12.1 Å². The number of benzene rings is 1. The lowest BCUT2D eigenvalue weighted by Gasteiger charge is -2.17. The van der Waals surface area contributed by atoms with Gasteiger partial charge in [0.1, 0.15) is 11.5 Å². The Kier molecular flexibility index (Phi) is 5.63. The molecule has 106 valence electrons. The zero-order chi connectivity index (χ0) is 14.4. The van der Waals surface area contributed by atoms with Crippen molar-refractivity contribution in [3.05, 3.63) is 23.3 Å². The van der Waals surface area contributed by atoms with Crippen molar-refractivity contribution in [3.63, 3.8) is 0 Å². The van der Waals surface area contributed by atoms with Gasteiger partial charge in [-0.15, -0.1) is 0 Å². The largest absolute Gasteiger partial charge is 0.496 e. The molecule has 0 saturated heterocycles. The Morgan fingerprint density at radius 1 is 1.21 bits per heavy atom. The molecular formula is C14H20O5. The molecule has 0 radical (unpaired) electrons. The zero-order valence-electron chi connectivity index (χ0n) is 11.7. The molecule has 1 unspecified atom stereocenters. The van der Waals surface area contributed by atoms with Crippen LogP contribution < -0.4 is 9.47 Å². The molecule has 0 amide bonds. The Hall–Kier alpha value is -1.75. The third-order valence-corrected chi connectivity index (χ3v) is 2.82. The van der Waals surface area contributed by atoms with Gasteiger partial charge in [-0.25, -0.2) is 4.79 Å². The molecule has 0 spiro atoms. The van der Waals surface area contributed by atoms with Crippen molar-refractivity contribution in [1.29, 1.82) is 0 Å². The topological polar surface area (TPSA) is 65.0 Å². The molecule has 0 aromatic heterocycles. The molecule has 0 saturated carbocycles. The molecule has 5 heteroatoms. The fourth-order valence-electron chi connectivity index (χ4n) is 1.83. The normalized spacial score (nSPS) is 11.8. The number of hydrogen-bond donors (Lipinski definition) is 1. The first kappa shape index (κ1) is 15.3. The van der Waals surface area contributed by atoms with Gasteiger partial charge in [-0.05, 0) is 25.0 Å². The Bertz CT molecular complexity index is 442. The summed E-state index contributed by atoms with van der Waals surface area (Å²) in [6.07, 6.45) is -0.637. The van der Waals surface area contributed by atoms with Crippen molar-refractivity contribution < 1.29 is 24.1 Å². The lowest BCUT2D eigenvalue weighted by Crippen LogP contribution is -2.16. The molecule has 0 aliphatic carbocycles. The van der Waals surface area contributed by atoms with E-state index in [2.05, 4.69) is 0 Å². The van der Waals surface area contributed by atoms with Crippen LogP contribution in [0.25, 0.3) is 0 Å². The molecule has 0 aliphatic heterocycles. The summed E-state index contributed by atoms with van der Waals surface area (Å²) < 4.78 is 15.2. The second kappa shape index (κ2) is 6.99. The molecule has 1 atom stereocenters. The summed E-state index contributed by atoms with van der Waals surface area (Å²) in [5.41, 5.74) is 1.28. The van der Waals surface area contributed by atoms with E-state index in [1.807, 2.05) is 6.92 Å². The fraction of sp³-hybridized carbons (Fsp3) is 0.500.